The van der Waals surface area contributed by atoms with Crippen molar-refractivity contribution in [2.75, 3.05) is 44.2 Å². The van der Waals surface area contributed by atoms with Gasteiger partial charge in [0.2, 0.25) is 0 Å². The molecule has 0 radical (unpaired) electrons. The third-order valence-corrected chi connectivity index (χ3v) is 4.29. The van der Waals surface area contributed by atoms with Crippen molar-refractivity contribution in [3.8, 4) is 0 Å². The smallest absolute Gasteiger partial charge is 0.322 e. The summed E-state index contributed by atoms with van der Waals surface area (Å²) in [6.07, 6.45) is 5.35. The molecule has 1 unspecified atom stereocenters. The standard InChI is InChI=1S/C12H20N2O2S/c15-12(16)11(14-6-8-17-9-7-14)10-13-4-2-1-3-5-13/h1-2,11H,3-10H2,(H,15,16). The van der Waals surface area contributed by atoms with Crippen LogP contribution in [0.15, 0.2) is 12.2 Å². The lowest BCUT2D eigenvalue weighted by Gasteiger charge is -2.35. The van der Waals surface area contributed by atoms with Crippen LogP contribution in [0.25, 0.3) is 0 Å². The summed E-state index contributed by atoms with van der Waals surface area (Å²) in [6.45, 7) is 4.36. The van der Waals surface area contributed by atoms with E-state index < -0.39 is 5.97 Å². The largest absolute Gasteiger partial charge is 0.480 e. The molecule has 2 aliphatic heterocycles. The number of thioether (sulfide) groups is 1. The average Bonchev–Trinajstić information content (AvgIpc) is 2.38. The molecule has 1 fully saturated rings. The number of rotatable bonds is 4. The van der Waals surface area contributed by atoms with Crippen molar-refractivity contribution in [1.29, 1.82) is 0 Å². The Morgan fingerprint density at radius 1 is 1.29 bits per heavy atom. The maximum Gasteiger partial charge on any atom is 0.322 e. The average molecular weight is 256 g/mol. The fourth-order valence-electron chi connectivity index (χ4n) is 2.34. The summed E-state index contributed by atoms with van der Waals surface area (Å²) in [4.78, 5) is 15.7. The van der Waals surface area contributed by atoms with Crippen LogP contribution in [0.1, 0.15) is 6.42 Å². The summed E-state index contributed by atoms with van der Waals surface area (Å²) in [5, 5.41) is 9.36. The van der Waals surface area contributed by atoms with Crippen molar-refractivity contribution in [2.45, 2.75) is 12.5 Å². The molecule has 0 aromatic carbocycles. The second-order valence-corrected chi connectivity index (χ2v) is 5.75. The van der Waals surface area contributed by atoms with Gasteiger partial charge in [0.15, 0.2) is 0 Å². The van der Waals surface area contributed by atoms with Gasteiger partial charge in [0.1, 0.15) is 6.04 Å². The van der Waals surface area contributed by atoms with E-state index >= 15 is 0 Å². The molecular formula is C12H20N2O2S. The van der Waals surface area contributed by atoms with Gasteiger partial charge in [-0.25, -0.2) is 0 Å². The summed E-state index contributed by atoms with van der Waals surface area (Å²) < 4.78 is 0. The van der Waals surface area contributed by atoms with Gasteiger partial charge in [-0.1, -0.05) is 12.2 Å². The van der Waals surface area contributed by atoms with Crippen molar-refractivity contribution < 1.29 is 9.90 Å². The second kappa shape index (κ2) is 6.42. The first-order valence-corrected chi connectivity index (χ1v) is 7.35. The highest BCUT2D eigenvalue weighted by Crippen LogP contribution is 2.14. The molecule has 4 nitrogen and oxygen atoms in total. The lowest BCUT2D eigenvalue weighted by atomic mass is 10.2. The number of hydrogen-bond donors (Lipinski definition) is 1. The quantitative estimate of drug-likeness (QED) is 0.752. The van der Waals surface area contributed by atoms with E-state index in [1.807, 2.05) is 11.8 Å². The highest BCUT2D eigenvalue weighted by molar-refractivity contribution is 7.99. The number of carboxylic acid groups (broad SMARTS) is 1. The molecule has 2 heterocycles. The van der Waals surface area contributed by atoms with Crippen LogP contribution in [0.2, 0.25) is 0 Å². The SMILES string of the molecule is O=C(O)C(CN1CC=CCC1)N1CCSCC1. The highest BCUT2D eigenvalue weighted by Gasteiger charge is 2.28. The molecule has 96 valence electrons. The Labute approximate surface area is 107 Å². The lowest BCUT2D eigenvalue weighted by Crippen LogP contribution is -2.51. The fraction of sp³-hybridized carbons (Fsp3) is 0.750. The van der Waals surface area contributed by atoms with Gasteiger partial charge in [0.25, 0.3) is 0 Å². The van der Waals surface area contributed by atoms with Crippen LogP contribution in [0, 0.1) is 0 Å². The summed E-state index contributed by atoms with van der Waals surface area (Å²) in [7, 11) is 0. The Bertz CT molecular complexity index is 290. The monoisotopic (exact) mass is 256 g/mol. The van der Waals surface area contributed by atoms with E-state index in [0.29, 0.717) is 6.54 Å². The Kier molecular flexibility index (Phi) is 4.88. The summed E-state index contributed by atoms with van der Waals surface area (Å²) in [5.74, 6) is 1.44. The Morgan fingerprint density at radius 3 is 2.65 bits per heavy atom. The number of carboxylic acids is 1. The van der Waals surface area contributed by atoms with Crippen LogP contribution < -0.4 is 0 Å². The molecule has 17 heavy (non-hydrogen) atoms. The van der Waals surface area contributed by atoms with Crippen molar-refractivity contribution >= 4 is 17.7 Å². The molecule has 0 aliphatic carbocycles. The van der Waals surface area contributed by atoms with E-state index in [0.717, 1.165) is 44.1 Å². The topological polar surface area (TPSA) is 43.8 Å². The van der Waals surface area contributed by atoms with E-state index in [1.54, 1.807) is 0 Å². The van der Waals surface area contributed by atoms with Crippen LogP contribution in [0.3, 0.4) is 0 Å². The van der Waals surface area contributed by atoms with Crippen LogP contribution in [0.5, 0.6) is 0 Å². The first-order valence-electron chi connectivity index (χ1n) is 6.19. The number of hydrogen-bond acceptors (Lipinski definition) is 4. The van der Waals surface area contributed by atoms with Crippen LogP contribution >= 0.6 is 11.8 Å². The van der Waals surface area contributed by atoms with E-state index in [2.05, 4.69) is 22.0 Å². The van der Waals surface area contributed by atoms with Crippen molar-refractivity contribution in [3.05, 3.63) is 12.2 Å². The minimum Gasteiger partial charge on any atom is -0.480 e. The fourth-order valence-corrected chi connectivity index (χ4v) is 3.27. The Balaban J connectivity index is 1.91. The minimum absolute atomic E-state index is 0.331. The number of nitrogens with zero attached hydrogens (tertiary/aromatic N) is 2. The molecule has 2 aliphatic rings. The molecule has 1 N–H and O–H groups in total. The molecule has 1 saturated heterocycles. The van der Waals surface area contributed by atoms with Gasteiger partial charge in [-0.05, 0) is 6.42 Å². The van der Waals surface area contributed by atoms with Gasteiger partial charge in [-0.15, -0.1) is 0 Å². The first kappa shape index (κ1) is 12.9. The molecule has 0 aromatic rings. The highest BCUT2D eigenvalue weighted by atomic mass is 32.2. The molecule has 0 amide bonds. The lowest BCUT2D eigenvalue weighted by molar-refractivity contribution is -0.144. The van der Waals surface area contributed by atoms with Gasteiger partial charge in [0, 0.05) is 44.2 Å². The molecular weight excluding hydrogens is 236 g/mol. The zero-order valence-electron chi connectivity index (χ0n) is 10.0. The van der Waals surface area contributed by atoms with Crippen LogP contribution in [0.4, 0.5) is 0 Å². The summed E-state index contributed by atoms with van der Waals surface area (Å²) in [6, 6.07) is -0.331. The molecule has 0 aromatic heterocycles. The number of carbonyl (C=O) groups is 1. The zero-order valence-corrected chi connectivity index (χ0v) is 10.9. The normalized spacial score (nSPS) is 24.7. The molecule has 5 heteroatoms. The molecule has 0 saturated carbocycles. The van der Waals surface area contributed by atoms with Crippen LogP contribution in [-0.2, 0) is 4.79 Å². The second-order valence-electron chi connectivity index (χ2n) is 4.52. The van der Waals surface area contributed by atoms with Gasteiger partial charge in [0.05, 0.1) is 0 Å². The predicted octanol–water partition coefficient (Wildman–Crippen LogP) is 0.750. The number of aliphatic carboxylic acids is 1. The van der Waals surface area contributed by atoms with E-state index in [-0.39, 0.29) is 6.04 Å². The van der Waals surface area contributed by atoms with Crippen molar-refractivity contribution in [2.24, 2.45) is 0 Å². The maximum absolute atomic E-state index is 11.4. The minimum atomic E-state index is -0.675. The van der Waals surface area contributed by atoms with E-state index in [4.69, 9.17) is 0 Å². The molecule has 0 bridgehead atoms. The summed E-state index contributed by atoms with van der Waals surface area (Å²) >= 11 is 1.91. The Morgan fingerprint density at radius 2 is 2.06 bits per heavy atom. The van der Waals surface area contributed by atoms with Crippen molar-refractivity contribution in [1.82, 2.24) is 9.80 Å². The van der Waals surface area contributed by atoms with E-state index in [9.17, 15) is 9.90 Å². The third-order valence-electron chi connectivity index (χ3n) is 3.34. The van der Waals surface area contributed by atoms with Crippen molar-refractivity contribution in [3.63, 3.8) is 0 Å². The van der Waals surface area contributed by atoms with Gasteiger partial charge in [-0.2, -0.15) is 11.8 Å². The maximum atomic E-state index is 11.4. The third kappa shape index (κ3) is 3.72. The first-order chi connectivity index (χ1) is 8.27. The summed E-state index contributed by atoms with van der Waals surface area (Å²) in [5.41, 5.74) is 0. The molecule has 2 rings (SSSR count). The van der Waals surface area contributed by atoms with Gasteiger partial charge < -0.3 is 5.11 Å². The molecule has 0 spiro atoms. The van der Waals surface area contributed by atoms with Gasteiger partial charge in [-0.3, -0.25) is 14.6 Å². The van der Waals surface area contributed by atoms with E-state index in [1.165, 1.54) is 0 Å². The molecule has 1 atom stereocenters. The van der Waals surface area contributed by atoms with Crippen LogP contribution in [-0.4, -0.2) is 71.1 Å². The predicted molar refractivity (Wildman–Crippen MR) is 70.5 cm³/mol. The van der Waals surface area contributed by atoms with Gasteiger partial charge >= 0.3 is 5.97 Å². The Hall–Kier alpha value is -0.520. The zero-order chi connectivity index (χ0) is 12.1.